The number of aryl methyl sites for hydroxylation is 2. The van der Waals surface area contributed by atoms with Crippen molar-refractivity contribution in [1.82, 2.24) is 10.9 Å². The molecule has 1 atom stereocenters. The van der Waals surface area contributed by atoms with Gasteiger partial charge in [-0.15, -0.1) is 0 Å². The Hall–Kier alpha value is -3.55. The molecule has 3 rings (SSSR count). The van der Waals surface area contributed by atoms with E-state index in [0.717, 1.165) is 11.1 Å². The van der Waals surface area contributed by atoms with Crippen LogP contribution in [0.4, 0.5) is 5.69 Å². The number of amides is 3. The van der Waals surface area contributed by atoms with Gasteiger partial charge in [-0.05, 0) is 56.2 Å². The normalized spacial score (nSPS) is 15.1. The third-order valence-corrected chi connectivity index (χ3v) is 4.54. The number of hydrogen-bond donors (Lipinski definition) is 2. The van der Waals surface area contributed by atoms with Gasteiger partial charge in [-0.3, -0.25) is 25.2 Å². The molecule has 158 valence electrons. The zero-order valence-corrected chi connectivity index (χ0v) is 17.2. The molecular formula is C22H25N3O5. The fraction of sp³-hybridized carbons (Fsp3) is 0.318. The predicted octanol–water partition coefficient (Wildman–Crippen LogP) is 2.03. The average Bonchev–Trinajstić information content (AvgIpc) is 2.70. The van der Waals surface area contributed by atoms with Crippen LogP contribution in [-0.4, -0.2) is 37.0 Å². The molecule has 0 fully saturated rings. The van der Waals surface area contributed by atoms with Crippen LogP contribution in [0.25, 0.3) is 0 Å². The number of ether oxygens (including phenoxy) is 2. The van der Waals surface area contributed by atoms with Crippen molar-refractivity contribution in [2.45, 2.75) is 33.3 Å². The van der Waals surface area contributed by atoms with Gasteiger partial charge < -0.3 is 14.4 Å². The van der Waals surface area contributed by atoms with Crippen LogP contribution < -0.4 is 25.2 Å². The quantitative estimate of drug-likeness (QED) is 0.709. The van der Waals surface area contributed by atoms with Gasteiger partial charge in [0.15, 0.2) is 12.7 Å². The molecule has 1 unspecified atom stereocenters. The van der Waals surface area contributed by atoms with Crippen molar-refractivity contribution >= 4 is 23.4 Å². The summed E-state index contributed by atoms with van der Waals surface area (Å²) in [5.74, 6) is 0.0740. The molecule has 0 aromatic heterocycles. The second-order valence-electron chi connectivity index (χ2n) is 7.18. The molecule has 1 aliphatic heterocycles. The Bertz CT molecular complexity index is 939. The van der Waals surface area contributed by atoms with Gasteiger partial charge in [-0.2, -0.15) is 0 Å². The lowest BCUT2D eigenvalue weighted by molar-refractivity contribution is -0.130. The standard InChI is InChI=1S/C22H25N3O5/c1-14-10-15(2)12-17(11-14)29-13-21(27)24-23-20(26)8-9-25-18-6-4-5-7-19(18)30-16(3)22(25)28/h4-7,10-12,16H,8-9,13H2,1-3H3,(H,23,26)(H,24,27). The average molecular weight is 411 g/mol. The van der Waals surface area contributed by atoms with E-state index in [9.17, 15) is 14.4 Å². The summed E-state index contributed by atoms with van der Waals surface area (Å²) in [5.41, 5.74) is 7.35. The van der Waals surface area contributed by atoms with Crippen molar-refractivity contribution in [2.24, 2.45) is 0 Å². The van der Waals surface area contributed by atoms with Crippen LogP contribution in [-0.2, 0) is 14.4 Å². The highest BCUT2D eigenvalue weighted by molar-refractivity contribution is 6.00. The molecule has 0 bridgehead atoms. The summed E-state index contributed by atoms with van der Waals surface area (Å²) >= 11 is 0. The summed E-state index contributed by atoms with van der Waals surface area (Å²) in [6.07, 6.45) is -0.601. The number of anilines is 1. The number of fused-ring (bicyclic) bond motifs is 1. The van der Waals surface area contributed by atoms with Crippen molar-refractivity contribution in [1.29, 1.82) is 0 Å². The molecule has 8 heteroatoms. The van der Waals surface area contributed by atoms with E-state index in [4.69, 9.17) is 9.47 Å². The van der Waals surface area contributed by atoms with Gasteiger partial charge in [-0.1, -0.05) is 18.2 Å². The van der Waals surface area contributed by atoms with Crippen molar-refractivity contribution < 1.29 is 23.9 Å². The van der Waals surface area contributed by atoms with Crippen LogP contribution in [0.5, 0.6) is 11.5 Å². The molecule has 2 aromatic carbocycles. The SMILES string of the molecule is Cc1cc(C)cc(OCC(=O)NNC(=O)CCN2C(=O)C(C)Oc3ccccc32)c1. The van der Waals surface area contributed by atoms with E-state index in [0.29, 0.717) is 17.2 Å². The first-order chi connectivity index (χ1) is 14.3. The highest BCUT2D eigenvalue weighted by Gasteiger charge is 2.31. The molecule has 0 saturated heterocycles. The van der Waals surface area contributed by atoms with E-state index >= 15 is 0 Å². The zero-order chi connectivity index (χ0) is 21.7. The lowest BCUT2D eigenvalue weighted by Gasteiger charge is -2.32. The van der Waals surface area contributed by atoms with Crippen LogP contribution in [0.3, 0.4) is 0 Å². The van der Waals surface area contributed by atoms with E-state index in [-0.39, 0.29) is 25.5 Å². The summed E-state index contributed by atoms with van der Waals surface area (Å²) in [6, 6.07) is 12.8. The van der Waals surface area contributed by atoms with Crippen LogP contribution in [0.2, 0.25) is 0 Å². The van der Waals surface area contributed by atoms with Crippen molar-refractivity contribution in [3.63, 3.8) is 0 Å². The lowest BCUT2D eigenvalue weighted by atomic mass is 10.1. The lowest BCUT2D eigenvalue weighted by Crippen LogP contribution is -2.48. The van der Waals surface area contributed by atoms with E-state index in [1.165, 1.54) is 4.90 Å². The number of benzene rings is 2. The Morgan fingerprint density at radius 2 is 1.73 bits per heavy atom. The molecule has 1 heterocycles. The summed E-state index contributed by atoms with van der Waals surface area (Å²) in [7, 11) is 0. The van der Waals surface area contributed by atoms with Crippen LogP contribution in [0.15, 0.2) is 42.5 Å². The molecule has 2 aromatic rings. The Labute approximate surface area is 175 Å². The number of hydrazine groups is 1. The maximum Gasteiger partial charge on any atom is 0.276 e. The molecule has 8 nitrogen and oxygen atoms in total. The number of nitrogens with one attached hydrogen (secondary N) is 2. The number of nitrogens with zero attached hydrogens (tertiary/aromatic N) is 1. The van der Waals surface area contributed by atoms with Gasteiger partial charge in [0.05, 0.1) is 5.69 Å². The maximum absolute atomic E-state index is 12.4. The topological polar surface area (TPSA) is 97.0 Å². The number of rotatable bonds is 6. The third-order valence-electron chi connectivity index (χ3n) is 4.54. The summed E-state index contributed by atoms with van der Waals surface area (Å²) in [5, 5.41) is 0. The van der Waals surface area contributed by atoms with Gasteiger partial charge in [-0.25, -0.2) is 0 Å². The van der Waals surface area contributed by atoms with Crippen molar-refractivity contribution in [2.75, 3.05) is 18.1 Å². The second kappa shape index (κ2) is 9.30. The minimum atomic E-state index is -0.620. The third kappa shape index (κ3) is 5.28. The van der Waals surface area contributed by atoms with Crippen molar-refractivity contribution in [3.05, 3.63) is 53.6 Å². The number of para-hydroxylation sites is 2. The van der Waals surface area contributed by atoms with E-state index in [1.54, 1.807) is 25.1 Å². The summed E-state index contributed by atoms with van der Waals surface area (Å²) < 4.78 is 11.0. The number of hydrogen-bond acceptors (Lipinski definition) is 5. The molecule has 3 amide bonds. The number of carbonyl (C=O) groups excluding carboxylic acids is 3. The highest BCUT2D eigenvalue weighted by atomic mass is 16.5. The Balaban J connectivity index is 1.46. The molecule has 0 radical (unpaired) electrons. The first-order valence-corrected chi connectivity index (χ1v) is 9.69. The Kier molecular flexibility index (Phi) is 6.56. The van der Waals surface area contributed by atoms with Gasteiger partial charge >= 0.3 is 0 Å². The largest absolute Gasteiger partial charge is 0.484 e. The predicted molar refractivity (Wildman–Crippen MR) is 111 cm³/mol. The minimum absolute atomic E-state index is 0.0189. The van der Waals surface area contributed by atoms with Crippen LogP contribution in [0.1, 0.15) is 24.5 Å². The van der Waals surface area contributed by atoms with E-state index in [2.05, 4.69) is 10.9 Å². The summed E-state index contributed by atoms with van der Waals surface area (Å²) in [4.78, 5) is 38.0. The fourth-order valence-corrected chi connectivity index (χ4v) is 3.21. The molecule has 0 spiro atoms. The van der Waals surface area contributed by atoms with Gasteiger partial charge in [0.2, 0.25) is 5.91 Å². The molecule has 1 aliphatic rings. The molecule has 0 saturated carbocycles. The Morgan fingerprint density at radius 1 is 1.07 bits per heavy atom. The first kappa shape index (κ1) is 21.2. The van der Waals surface area contributed by atoms with Gasteiger partial charge in [0.1, 0.15) is 11.5 Å². The smallest absolute Gasteiger partial charge is 0.276 e. The molecule has 0 aliphatic carbocycles. The highest BCUT2D eigenvalue weighted by Crippen LogP contribution is 2.33. The van der Waals surface area contributed by atoms with Gasteiger partial charge in [0.25, 0.3) is 11.8 Å². The Morgan fingerprint density at radius 3 is 2.47 bits per heavy atom. The minimum Gasteiger partial charge on any atom is -0.484 e. The molecule has 30 heavy (non-hydrogen) atoms. The second-order valence-corrected chi connectivity index (χ2v) is 7.18. The molecular weight excluding hydrogens is 386 g/mol. The maximum atomic E-state index is 12.4. The van der Waals surface area contributed by atoms with E-state index in [1.807, 2.05) is 38.1 Å². The van der Waals surface area contributed by atoms with Crippen molar-refractivity contribution in [3.8, 4) is 11.5 Å². The fourth-order valence-electron chi connectivity index (χ4n) is 3.21. The zero-order valence-electron chi connectivity index (χ0n) is 17.2. The first-order valence-electron chi connectivity index (χ1n) is 9.69. The van der Waals surface area contributed by atoms with E-state index < -0.39 is 17.9 Å². The summed E-state index contributed by atoms with van der Waals surface area (Å²) in [6.45, 7) is 5.50. The van der Waals surface area contributed by atoms with Crippen LogP contribution in [0, 0.1) is 13.8 Å². The monoisotopic (exact) mass is 411 g/mol. The number of carbonyl (C=O) groups is 3. The van der Waals surface area contributed by atoms with Gasteiger partial charge in [0, 0.05) is 13.0 Å². The molecule has 2 N–H and O–H groups in total. The van der Waals surface area contributed by atoms with Crippen LogP contribution >= 0.6 is 0 Å².